The van der Waals surface area contributed by atoms with Crippen LogP contribution in [0.3, 0.4) is 0 Å². The summed E-state index contributed by atoms with van der Waals surface area (Å²) in [6, 6.07) is 1.59. The van der Waals surface area contributed by atoms with E-state index in [2.05, 4.69) is 15.5 Å². The van der Waals surface area contributed by atoms with Crippen LogP contribution in [0.15, 0.2) is 28.6 Å². The van der Waals surface area contributed by atoms with Gasteiger partial charge in [0, 0.05) is 7.05 Å². The maximum atomic E-state index is 12.7. The molecule has 0 aliphatic heterocycles. The lowest BCUT2D eigenvalue weighted by atomic mass is 10.2. The molecule has 0 atom stereocenters. The van der Waals surface area contributed by atoms with Crippen molar-refractivity contribution in [3.63, 3.8) is 0 Å². The number of thioether (sulfide) groups is 1. The summed E-state index contributed by atoms with van der Waals surface area (Å²) in [7, 11) is 1.84. The normalized spacial score (nSPS) is 12.1. The molecule has 0 bridgehead atoms. The topological polar surface area (TPSA) is 42.2 Å². The fraction of sp³-hybridized carbons (Fsp3) is 0.286. The summed E-state index contributed by atoms with van der Waals surface area (Å²) in [6.45, 7) is 2.02. The Morgan fingerprint density at radius 1 is 1.33 bits per heavy atom. The second kappa shape index (κ2) is 7.67. The first-order valence-electron chi connectivity index (χ1n) is 6.73. The number of halogens is 5. The first-order chi connectivity index (χ1) is 11.2. The highest BCUT2D eigenvalue weighted by atomic mass is 35.5. The molecule has 0 saturated carbocycles. The fourth-order valence-corrected chi connectivity index (χ4v) is 3.05. The van der Waals surface area contributed by atoms with Gasteiger partial charge in [-0.2, -0.15) is 18.3 Å². The third-order valence-corrected chi connectivity index (χ3v) is 4.52. The number of rotatable bonds is 5. The molecule has 0 unspecified atom stereocenters. The van der Waals surface area contributed by atoms with Crippen LogP contribution in [-0.2, 0) is 13.2 Å². The number of nitrogens with zero attached hydrogens (tertiary/aromatic N) is 3. The molecule has 0 aliphatic carbocycles. The zero-order valence-electron chi connectivity index (χ0n) is 12.7. The van der Waals surface area contributed by atoms with E-state index in [4.69, 9.17) is 23.2 Å². The molecule has 1 aromatic heterocycles. The molecule has 130 valence electrons. The van der Waals surface area contributed by atoms with E-state index >= 15 is 0 Å². The zero-order valence-corrected chi connectivity index (χ0v) is 15.0. The van der Waals surface area contributed by atoms with Gasteiger partial charge < -0.3 is 4.57 Å². The summed E-state index contributed by atoms with van der Waals surface area (Å²) in [5.74, 6) is 0.885. The van der Waals surface area contributed by atoms with Gasteiger partial charge in [-0.05, 0) is 17.9 Å². The van der Waals surface area contributed by atoms with Gasteiger partial charge >= 0.3 is 6.18 Å². The number of imidazole rings is 1. The van der Waals surface area contributed by atoms with Crippen molar-refractivity contribution in [1.29, 1.82) is 0 Å². The molecule has 1 heterocycles. The van der Waals surface area contributed by atoms with E-state index in [1.54, 1.807) is 18.0 Å². The van der Waals surface area contributed by atoms with Gasteiger partial charge in [-0.25, -0.2) is 4.98 Å². The predicted octanol–water partition coefficient (Wildman–Crippen LogP) is 5.30. The lowest BCUT2D eigenvalue weighted by Gasteiger charge is -2.11. The molecule has 0 spiro atoms. The van der Waals surface area contributed by atoms with Gasteiger partial charge in [-0.3, -0.25) is 5.43 Å². The van der Waals surface area contributed by atoms with Crippen LogP contribution >= 0.6 is 35.0 Å². The van der Waals surface area contributed by atoms with Crippen molar-refractivity contribution in [2.75, 3.05) is 11.2 Å². The minimum atomic E-state index is -4.52. The second-order valence-corrected chi connectivity index (χ2v) is 6.69. The Balaban J connectivity index is 2.17. The number of hydrazone groups is 1. The Labute approximate surface area is 151 Å². The number of hydrogen-bond donors (Lipinski definition) is 1. The monoisotopic (exact) mass is 396 g/mol. The molecule has 0 radical (unpaired) electrons. The average Bonchev–Trinajstić information content (AvgIpc) is 2.82. The van der Waals surface area contributed by atoms with Gasteiger partial charge in [0.25, 0.3) is 0 Å². The third-order valence-electron chi connectivity index (χ3n) is 3.00. The van der Waals surface area contributed by atoms with Crippen LogP contribution in [0.2, 0.25) is 10.0 Å². The summed E-state index contributed by atoms with van der Waals surface area (Å²) in [5, 5.41) is 4.47. The van der Waals surface area contributed by atoms with Gasteiger partial charge in [-0.1, -0.05) is 41.9 Å². The molecule has 1 aromatic carbocycles. The Hall–Kier alpha value is -1.38. The maximum absolute atomic E-state index is 12.7. The number of benzene rings is 1. The number of aromatic nitrogens is 2. The molecule has 0 fully saturated rings. The molecule has 1 N–H and O–H groups in total. The lowest BCUT2D eigenvalue weighted by Crippen LogP contribution is -2.05. The average molecular weight is 397 g/mol. The summed E-state index contributed by atoms with van der Waals surface area (Å²) in [6.07, 6.45) is -1.40. The van der Waals surface area contributed by atoms with Crippen LogP contribution in [0.4, 0.5) is 18.9 Å². The summed E-state index contributed by atoms with van der Waals surface area (Å²) in [4.78, 5) is 4.23. The number of anilines is 1. The highest BCUT2D eigenvalue weighted by Gasteiger charge is 2.32. The highest BCUT2D eigenvalue weighted by Crippen LogP contribution is 2.38. The van der Waals surface area contributed by atoms with E-state index in [1.807, 2.05) is 18.5 Å². The molecule has 10 heteroatoms. The summed E-state index contributed by atoms with van der Waals surface area (Å²) in [5.41, 5.74) is 2.47. The Kier molecular flexibility index (Phi) is 6.06. The van der Waals surface area contributed by atoms with Crippen molar-refractivity contribution < 1.29 is 13.2 Å². The van der Waals surface area contributed by atoms with Crippen LogP contribution in [0.5, 0.6) is 0 Å². The number of hydrogen-bond acceptors (Lipinski definition) is 4. The van der Waals surface area contributed by atoms with Crippen molar-refractivity contribution in [2.45, 2.75) is 18.3 Å². The molecule has 0 aliphatic rings. The highest BCUT2D eigenvalue weighted by molar-refractivity contribution is 7.99. The lowest BCUT2D eigenvalue weighted by molar-refractivity contribution is -0.137. The Morgan fingerprint density at radius 3 is 2.50 bits per heavy atom. The van der Waals surface area contributed by atoms with E-state index in [0.29, 0.717) is 0 Å². The Morgan fingerprint density at radius 2 is 1.96 bits per heavy atom. The standard InChI is InChI=1S/C14H13Cl2F3N4S/c1-3-24-13-20-6-9(23(13)2)7-21-22-12-10(15)4-8(5-11(12)16)14(17,18)19/h4-7,22H,3H2,1-2H3. The number of alkyl halides is 3. The second-order valence-electron chi connectivity index (χ2n) is 4.64. The SMILES string of the molecule is CCSc1ncc(C=NNc2c(Cl)cc(C(F)(F)F)cc2Cl)n1C. The van der Waals surface area contributed by atoms with Crippen molar-refractivity contribution in [3.8, 4) is 0 Å². The molecule has 2 aromatic rings. The quantitative estimate of drug-likeness (QED) is 0.423. The van der Waals surface area contributed by atoms with Crippen LogP contribution in [0, 0.1) is 0 Å². The maximum Gasteiger partial charge on any atom is 0.416 e. The fourth-order valence-electron chi connectivity index (χ4n) is 1.79. The van der Waals surface area contributed by atoms with Gasteiger partial charge in [0.05, 0.1) is 39.4 Å². The van der Waals surface area contributed by atoms with Crippen molar-refractivity contribution in [3.05, 3.63) is 39.6 Å². The smallest absolute Gasteiger partial charge is 0.321 e. The molecular weight excluding hydrogens is 384 g/mol. The largest absolute Gasteiger partial charge is 0.416 e. The van der Waals surface area contributed by atoms with Crippen molar-refractivity contribution in [2.24, 2.45) is 12.1 Å². The van der Waals surface area contributed by atoms with E-state index in [-0.39, 0.29) is 15.7 Å². The van der Waals surface area contributed by atoms with E-state index in [9.17, 15) is 13.2 Å². The molecule has 0 saturated heterocycles. The van der Waals surface area contributed by atoms with Gasteiger partial charge in [0.15, 0.2) is 5.16 Å². The van der Waals surface area contributed by atoms with Crippen LogP contribution in [0.25, 0.3) is 0 Å². The molecule has 0 amide bonds. The molecule has 2 rings (SSSR count). The summed E-state index contributed by atoms with van der Waals surface area (Å²) >= 11 is 13.3. The van der Waals surface area contributed by atoms with Gasteiger partial charge in [0.2, 0.25) is 0 Å². The van der Waals surface area contributed by atoms with E-state index in [0.717, 1.165) is 28.7 Å². The van der Waals surface area contributed by atoms with Crippen LogP contribution in [0.1, 0.15) is 18.2 Å². The zero-order chi connectivity index (χ0) is 17.9. The molecule has 4 nitrogen and oxygen atoms in total. The Bertz CT molecular complexity index is 736. The van der Waals surface area contributed by atoms with Gasteiger partial charge in [-0.15, -0.1) is 0 Å². The van der Waals surface area contributed by atoms with Crippen molar-refractivity contribution >= 4 is 46.9 Å². The molecule has 24 heavy (non-hydrogen) atoms. The first kappa shape index (κ1) is 19.0. The number of nitrogens with one attached hydrogen (secondary N) is 1. The first-order valence-corrected chi connectivity index (χ1v) is 8.48. The van der Waals surface area contributed by atoms with Crippen LogP contribution < -0.4 is 5.43 Å². The third kappa shape index (κ3) is 4.37. The van der Waals surface area contributed by atoms with E-state index in [1.165, 1.54) is 6.21 Å². The predicted molar refractivity (Wildman–Crippen MR) is 92.3 cm³/mol. The van der Waals surface area contributed by atoms with Crippen molar-refractivity contribution in [1.82, 2.24) is 9.55 Å². The molecular formula is C14H13Cl2F3N4S. The van der Waals surface area contributed by atoms with E-state index < -0.39 is 11.7 Å². The minimum absolute atomic E-state index is 0.105. The van der Waals surface area contributed by atoms with Gasteiger partial charge in [0.1, 0.15) is 0 Å². The van der Waals surface area contributed by atoms with Crippen LogP contribution in [-0.4, -0.2) is 21.5 Å². The summed E-state index contributed by atoms with van der Waals surface area (Å²) < 4.78 is 39.9. The minimum Gasteiger partial charge on any atom is -0.321 e.